The zero-order valence-corrected chi connectivity index (χ0v) is 13.9. The quantitative estimate of drug-likeness (QED) is 0.613. The highest BCUT2D eigenvalue weighted by atomic mass is 19.4. The van der Waals surface area contributed by atoms with Gasteiger partial charge in [-0.15, -0.1) is 10.2 Å². The predicted molar refractivity (Wildman–Crippen MR) is 82.9 cm³/mol. The second-order valence-corrected chi connectivity index (χ2v) is 6.34. The van der Waals surface area contributed by atoms with Crippen LogP contribution in [0.3, 0.4) is 0 Å². The summed E-state index contributed by atoms with van der Waals surface area (Å²) in [6.07, 6.45) is -2.24. The number of fused-ring (bicyclic) bond motifs is 1. The molecule has 1 aliphatic rings. The maximum absolute atomic E-state index is 13.4. The minimum atomic E-state index is -4.64. The minimum Gasteiger partial charge on any atom is -0.333 e. The molecule has 1 aromatic heterocycles. The average Bonchev–Trinajstić information content (AvgIpc) is 2.91. The van der Waals surface area contributed by atoms with Crippen molar-refractivity contribution in [3.8, 4) is 0 Å². The lowest BCUT2D eigenvalue weighted by Gasteiger charge is -2.40. The van der Waals surface area contributed by atoms with Gasteiger partial charge in [-0.2, -0.15) is 13.2 Å². The van der Waals surface area contributed by atoms with Crippen molar-refractivity contribution in [2.24, 2.45) is 0 Å². The smallest absolute Gasteiger partial charge is 0.333 e. The third kappa shape index (κ3) is 3.80. The lowest BCUT2D eigenvalue weighted by molar-refractivity contribution is -0.151. The molecule has 0 saturated carbocycles. The van der Waals surface area contributed by atoms with Crippen LogP contribution in [-0.4, -0.2) is 32.1 Å². The number of hydrogen-bond acceptors (Lipinski definition) is 3. The summed E-state index contributed by atoms with van der Waals surface area (Å²) in [4.78, 5) is 13.8. The zero-order valence-electron chi connectivity index (χ0n) is 13.9. The molecule has 1 amide bonds. The second kappa shape index (κ2) is 6.45. The van der Waals surface area contributed by atoms with Crippen LogP contribution in [0.25, 0.3) is 0 Å². The monoisotopic (exact) mass is 358 g/mol. The van der Waals surface area contributed by atoms with E-state index in [-0.39, 0.29) is 30.9 Å². The molecule has 2 heterocycles. The third-order valence-electron chi connectivity index (χ3n) is 3.86. The highest BCUT2D eigenvalue weighted by Gasteiger charge is 2.45. The number of hydrogen-bond donors (Lipinski definition) is 0. The highest BCUT2D eigenvalue weighted by Crippen LogP contribution is 2.35. The van der Waals surface area contributed by atoms with Crippen molar-refractivity contribution in [3.63, 3.8) is 0 Å². The largest absolute Gasteiger partial charge is 0.451 e. The Morgan fingerprint density at radius 2 is 2.00 bits per heavy atom. The zero-order chi connectivity index (χ0) is 19.0. The van der Waals surface area contributed by atoms with Gasteiger partial charge in [-0.3, -0.25) is 9.36 Å². The number of halogens is 4. The Morgan fingerprint density at radius 3 is 2.52 bits per heavy atom. The molecule has 1 aromatic rings. The van der Waals surface area contributed by atoms with Crippen molar-refractivity contribution in [1.82, 2.24) is 19.7 Å². The molecule has 0 spiro atoms. The van der Waals surface area contributed by atoms with Gasteiger partial charge in [-0.05, 0) is 19.4 Å². The molecular weight excluding hydrogens is 340 g/mol. The molecule has 0 radical (unpaired) electrons. The Labute approximate surface area is 142 Å². The fraction of sp³-hybridized carbons (Fsp3) is 0.438. The van der Waals surface area contributed by atoms with Crippen LogP contribution in [0.1, 0.15) is 31.9 Å². The normalized spacial score (nSPS) is 17.2. The number of allylic oxidation sites excluding steroid dienone is 3. The molecule has 0 saturated heterocycles. The molecule has 0 atom stereocenters. The van der Waals surface area contributed by atoms with E-state index in [1.54, 1.807) is 13.8 Å². The van der Waals surface area contributed by atoms with Crippen molar-refractivity contribution in [3.05, 3.63) is 48.4 Å². The maximum atomic E-state index is 13.4. The fourth-order valence-electron chi connectivity index (χ4n) is 2.84. The first kappa shape index (κ1) is 18.9. The van der Waals surface area contributed by atoms with Crippen LogP contribution in [0.5, 0.6) is 0 Å². The highest BCUT2D eigenvalue weighted by molar-refractivity contribution is 5.80. The molecule has 0 unspecified atom stereocenters. The van der Waals surface area contributed by atoms with Gasteiger partial charge in [0.2, 0.25) is 11.7 Å². The summed E-state index contributed by atoms with van der Waals surface area (Å²) in [5.41, 5.74) is -0.993. The molecule has 0 aliphatic carbocycles. The van der Waals surface area contributed by atoms with E-state index < -0.39 is 29.3 Å². The molecule has 25 heavy (non-hydrogen) atoms. The summed E-state index contributed by atoms with van der Waals surface area (Å²) in [5, 5.41) is 6.81. The van der Waals surface area contributed by atoms with E-state index in [4.69, 9.17) is 0 Å². The fourth-order valence-corrected chi connectivity index (χ4v) is 2.84. The number of nitrogens with zero attached hydrogens (tertiary/aromatic N) is 4. The number of aromatic nitrogens is 3. The summed E-state index contributed by atoms with van der Waals surface area (Å²) in [7, 11) is 0. The van der Waals surface area contributed by atoms with E-state index in [2.05, 4.69) is 23.4 Å². The molecule has 0 fully saturated rings. The Morgan fingerprint density at radius 1 is 1.36 bits per heavy atom. The first-order valence-corrected chi connectivity index (χ1v) is 7.43. The summed E-state index contributed by atoms with van der Waals surface area (Å²) in [6.45, 7) is 9.60. The van der Waals surface area contributed by atoms with Gasteiger partial charge in [-0.1, -0.05) is 25.3 Å². The lowest BCUT2D eigenvalue weighted by Crippen LogP contribution is -2.50. The van der Waals surface area contributed by atoms with E-state index in [0.717, 1.165) is 4.57 Å². The number of amides is 1. The van der Waals surface area contributed by atoms with Gasteiger partial charge < -0.3 is 4.90 Å². The topological polar surface area (TPSA) is 51.0 Å². The van der Waals surface area contributed by atoms with Gasteiger partial charge in [0.25, 0.3) is 0 Å². The maximum Gasteiger partial charge on any atom is 0.451 e. The van der Waals surface area contributed by atoms with Gasteiger partial charge >= 0.3 is 6.18 Å². The standard InChI is InChI=1S/C16H18F4N4O/c1-5-6-11(10(2)17)7-13(25)23-8-12-21-22-14(16(18,19)20)24(12)15(3,4)9-23/h5-6H,1-2,7-9H2,3-4H3. The molecule has 0 bridgehead atoms. The summed E-state index contributed by atoms with van der Waals surface area (Å²) in [5.74, 6) is -2.26. The van der Waals surface area contributed by atoms with E-state index in [0.29, 0.717) is 0 Å². The SMILES string of the molecule is C=CC=C(CC(=O)N1Cc2nnc(C(F)(F)F)n2C(C)(C)C1)C(=C)F. The van der Waals surface area contributed by atoms with Crippen molar-refractivity contribution < 1.29 is 22.4 Å². The molecule has 0 aromatic carbocycles. The van der Waals surface area contributed by atoms with E-state index in [9.17, 15) is 22.4 Å². The lowest BCUT2D eigenvalue weighted by atomic mass is 10.00. The van der Waals surface area contributed by atoms with Crippen LogP contribution < -0.4 is 0 Å². The summed E-state index contributed by atoms with van der Waals surface area (Å²) in [6, 6.07) is 0. The number of rotatable bonds is 4. The van der Waals surface area contributed by atoms with E-state index in [1.165, 1.54) is 17.1 Å². The Balaban J connectivity index is 2.30. The Bertz CT molecular complexity index is 746. The van der Waals surface area contributed by atoms with Crippen LogP contribution in [0.4, 0.5) is 17.6 Å². The summed E-state index contributed by atoms with van der Waals surface area (Å²) < 4.78 is 53.6. The molecule has 136 valence electrons. The first-order chi connectivity index (χ1) is 11.5. The minimum absolute atomic E-state index is 0.0140. The number of alkyl halides is 3. The number of carbonyl (C=O) groups is 1. The van der Waals surface area contributed by atoms with Gasteiger partial charge in [0, 0.05) is 6.54 Å². The van der Waals surface area contributed by atoms with Gasteiger partial charge in [0.1, 0.15) is 5.83 Å². The first-order valence-electron chi connectivity index (χ1n) is 7.43. The van der Waals surface area contributed by atoms with Gasteiger partial charge in [0.05, 0.1) is 18.5 Å². The van der Waals surface area contributed by atoms with Crippen molar-refractivity contribution in [2.45, 2.75) is 38.5 Å². The Kier molecular flexibility index (Phi) is 4.87. The van der Waals surface area contributed by atoms with E-state index in [1.807, 2.05) is 0 Å². The van der Waals surface area contributed by atoms with Crippen LogP contribution in [0, 0.1) is 0 Å². The predicted octanol–water partition coefficient (Wildman–Crippen LogP) is 3.36. The van der Waals surface area contributed by atoms with Crippen molar-refractivity contribution in [1.29, 1.82) is 0 Å². The molecule has 5 nitrogen and oxygen atoms in total. The van der Waals surface area contributed by atoms with Gasteiger partial charge in [0.15, 0.2) is 5.82 Å². The van der Waals surface area contributed by atoms with Crippen LogP contribution in [0.15, 0.2) is 36.7 Å². The van der Waals surface area contributed by atoms with Crippen molar-refractivity contribution >= 4 is 5.91 Å². The van der Waals surface area contributed by atoms with Crippen LogP contribution in [0.2, 0.25) is 0 Å². The number of carbonyl (C=O) groups excluding carboxylic acids is 1. The molecular formula is C16H18F4N4O. The molecule has 1 aliphatic heterocycles. The van der Waals surface area contributed by atoms with Crippen LogP contribution in [-0.2, 0) is 23.1 Å². The third-order valence-corrected chi connectivity index (χ3v) is 3.86. The molecule has 0 N–H and O–H groups in total. The average molecular weight is 358 g/mol. The Hall–Kier alpha value is -2.45. The van der Waals surface area contributed by atoms with Crippen molar-refractivity contribution in [2.75, 3.05) is 6.54 Å². The summed E-state index contributed by atoms with van der Waals surface area (Å²) >= 11 is 0. The van der Waals surface area contributed by atoms with Gasteiger partial charge in [-0.25, -0.2) is 4.39 Å². The second-order valence-electron chi connectivity index (χ2n) is 6.34. The van der Waals surface area contributed by atoms with Crippen LogP contribution >= 0.6 is 0 Å². The molecule has 2 rings (SSSR count). The van der Waals surface area contributed by atoms with E-state index >= 15 is 0 Å². The molecule has 9 heteroatoms.